The number of fused-ring (bicyclic) bond motifs is 1. The van der Waals surface area contributed by atoms with Crippen LogP contribution in [0.25, 0.3) is 0 Å². The number of nitrogens with one attached hydrogen (secondary N) is 1. The number of hydrogen-bond acceptors (Lipinski definition) is 2. The normalized spacial score (nSPS) is 14.4. The Bertz CT molecular complexity index is 429. The summed E-state index contributed by atoms with van der Waals surface area (Å²) in [5.41, 5.74) is 2.78. The van der Waals surface area contributed by atoms with E-state index in [1.165, 1.54) is 24.0 Å². The summed E-state index contributed by atoms with van der Waals surface area (Å²) in [6.07, 6.45) is 3.41. The quantitative estimate of drug-likeness (QED) is 0.885. The molecule has 0 radical (unpaired) electrons. The predicted molar refractivity (Wildman–Crippen MR) is 79.2 cm³/mol. The van der Waals surface area contributed by atoms with Crippen molar-refractivity contribution in [3.63, 3.8) is 0 Å². The van der Waals surface area contributed by atoms with Crippen LogP contribution in [0.15, 0.2) is 16.6 Å². The molecule has 100 valence electrons. The largest absolute Gasteiger partial charge is 0.493 e. The molecule has 0 aliphatic carbocycles. The Morgan fingerprint density at radius 2 is 2.17 bits per heavy atom. The van der Waals surface area contributed by atoms with Gasteiger partial charge in [-0.3, -0.25) is 0 Å². The van der Waals surface area contributed by atoms with Crippen LogP contribution in [0.3, 0.4) is 0 Å². The molecule has 18 heavy (non-hydrogen) atoms. The van der Waals surface area contributed by atoms with E-state index >= 15 is 0 Å². The summed E-state index contributed by atoms with van der Waals surface area (Å²) in [5.74, 6) is 1.10. The molecule has 0 amide bonds. The molecule has 0 saturated carbocycles. The summed E-state index contributed by atoms with van der Waals surface area (Å²) in [5, 5.41) is 3.63. The molecule has 1 aromatic carbocycles. The van der Waals surface area contributed by atoms with Crippen molar-refractivity contribution in [2.24, 2.45) is 0 Å². The number of ether oxygens (including phenoxy) is 1. The average molecular weight is 312 g/mol. The molecule has 2 nitrogen and oxygen atoms in total. The zero-order valence-corrected chi connectivity index (χ0v) is 13.1. The molecule has 0 bridgehead atoms. The smallest absolute Gasteiger partial charge is 0.127 e. The van der Waals surface area contributed by atoms with Crippen LogP contribution in [0.5, 0.6) is 5.75 Å². The standard InChI is InChI=1S/C15H22BrNO/c1-4-6-15(2,3)17-10-12-9-13(16)8-11-5-7-18-14(11)12/h8-9,17H,4-7,10H2,1-3H3. The molecule has 3 heteroatoms. The van der Waals surface area contributed by atoms with Crippen LogP contribution < -0.4 is 10.1 Å². The Morgan fingerprint density at radius 1 is 1.39 bits per heavy atom. The molecule has 1 aliphatic heterocycles. The molecule has 1 aliphatic rings. The number of hydrogen-bond donors (Lipinski definition) is 1. The second-order valence-corrected chi connectivity index (χ2v) is 6.55. The zero-order chi connectivity index (χ0) is 13.2. The Balaban J connectivity index is 2.10. The molecule has 1 N–H and O–H groups in total. The van der Waals surface area contributed by atoms with E-state index in [1.807, 2.05) is 0 Å². The topological polar surface area (TPSA) is 21.3 Å². The Hall–Kier alpha value is -0.540. The predicted octanol–water partition coefficient (Wildman–Crippen LogP) is 4.05. The van der Waals surface area contributed by atoms with E-state index in [0.717, 1.165) is 29.8 Å². The minimum atomic E-state index is 0.183. The van der Waals surface area contributed by atoms with Crippen LogP contribution in [-0.4, -0.2) is 12.1 Å². The summed E-state index contributed by atoms with van der Waals surface area (Å²) < 4.78 is 6.90. The zero-order valence-electron chi connectivity index (χ0n) is 11.5. The van der Waals surface area contributed by atoms with Crippen molar-refractivity contribution in [1.29, 1.82) is 0 Å². The van der Waals surface area contributed by atoms with Crippen LogP contribution in [0.2, 0.25) is 0 Å². The molecule has 0 spiro atoms. The van der Waals surface area contributed by atoms with E-state index in [-0.39, 0.29) is 5.54 Å². The second kappa shape index (κ2) is 5.62. The second-order valence-electron chi connectivity index (χ2n) is 5.64. The highest BCUT2D eigenvalue weighted by molar-refractivity contribution is 9.10. The van der Waals surface area contributed by atoms with Gasteiger partial charge in [0.15, 0.2) is 0 Å². The first-order chi connectivity index (χ1) is 8.52. The molecule has 0 saturated heterocycles. The van der Waals surface area contributed by atoms with Crippen molar-refractivity contribution in [2.75, 3.05) is 6.61 Å². The summed E-state index contributed by atoms with van der Waals surface area (Å²) in [4.78, 5) is 0. The third-order valence-corrected chi connectivity index (χ3v) is 3.92. The third-order valence-electron chi connectivity index (χ3n) is 3.46. The summed E-state index contributed by atoms with van der Waals surface area (Å²) in [7, 11) is 0. The van der Waals surface area contributed by atoms with E-state index in [9.17, 15) is 0 Å². The van der Waals surface area contributed by atoms with Gasteiger partial charge < -0.3 is 10.1 Å². The monoisotopic (exact) mass is 311 g/mol. The van der Waals surface area contributed by atoms with Crippen molar-refractivity contribution in [3.05, 3.63) is 27.7 Å². The van der Waals surface area contributed by atoms with Gasteiger partial charge in [0.25, 0.3) is 0 Å². The van der Waals surface area contributed by atoms with E-state index in [0.29, 0.717) is 0 Å². The highest BCUT2D eigenvalue weighted by atomic mass is 79.9. The van der Waals surface area contributed by atoms with Crippen LogP contribution in [0, 0.1) is 0 Å². The van der Waals surface area contributed by atoms with Crippen LogP contribution in [0.4, 0.5) is 0 Å². The maximum atomic E-state index is 5.75. The maximum Gasteiger partial charge on any atom is 0.127 e. The van der Waals surface area contributed by atoms with E-state index < -0.39 is 0 Å². The van der Waals surface area contributed by atoms with Gasteiger partial charge in [0, 0.05) is 28.5 Å². The number of halogens is 1. The van der Waals surface area contributed by atoms with E-state index in [4.69, 9.17) is 4.74 Å². The summed E-state index contributed by atoms with van der Waals surface area (Å²) in [6.45, 7) is 8.43. The van der Waals surface area contributed by atoms with Crippen molar-refractivity contribution in [2.45, 2.75) is 52.1 Å². The molecule has 0 atom stereocenters. The molecule has 0 aromatic heterocycles. The summed E-state index contributed by atoms with van der Waals surface area (Å²) in [6, 6.07) is 4.34. The first-order valence-corrected chi connectivity index (χ1v) is 7.50. The van der Waals surface area contributed by atoms with Gasteiger partial charge in [-0.1, -0.05) is 29.3 Å². The lowest BCUT2D eigenvalue weighted by Crippen LogP contribution is -2.38. The van der Waals surface area contributed by atoms with Gasteiger partial charge in [0.05, 0.1) is 6.61 Å². The van der Waals surface area contributed by atoms with Gasteiger partial charge in [0.2, 0.25) is 0 Å². The Labute approximate surface area is 118 Å². The number of benzene rings is 1. The van der Waals surface area contributed by atoms with Crippen LogP contribution >= 0.6 is 15.9 Å². The van der Waals surface area contributed by atoms with Gasteiger partial charge >= 0.3 is 0 Å². The van der Waals surface area contributed by atoms with Crippen molar-refractivity contribution in [3.8, 4) is 5.75 Å². The van der Waals surface area contributed by atoms with Gasteiger partial charge in [-0.05, 0) is 38.0 Å². The molecular weight excluding hydrogens is 290 g/mol. The molecule has 0 unspecified atom stereocenters. The minimum absolute atomic E-state index is 0.183. The lowest BCUT2D eigenvalue weighted by Gasteiger charge is -2.26. The van der Waals surface area contributed by atoms with E-state index in [1.54, 1.807) is 0 Å². The highest BCUT2D eigenvalue weighted by Crippen LogP contribution is 2.33. The molecule has 1 heterocycles. The number of rotatable bonds is 5. The SMILES string of the molecule is CCCC(C)(C)NCc1cc(Br)cc2c1OCC2. The molecule has 0 fully saturated rings. The Morgan fingerprint density at radius 3 is 2.89 bits per heavy atom. The maximum absolute atomic E-state index is 5.75. The fourth-order valence-electron chi connectivity index (χ4n) is 2.53. The van der Waals surface area contributed by atoms with E-state index in [2.05, 4.69) is 54.2 Å². The fourth-order valence-corrected chi connectivity index (χ4v) is 3.08. The summed E-state index contributed by atoms with van der Waals surface area (Å²) >= 11 is 3.58. The van der Waals surface area contributed by atoms with Crippen molar-refractivity contribution < 1.29 is 4.74 Å². The molecule has 2 rings (SSSR count). The fraction of sp³-hybridized carbons (Fsp3) is 0.600. The van der Waals surface area contributed by atoms with Gasteiger partial charge in [-0.25, -0.2) is 0 Å². The first kappa shape index (κ1) is 13.9. The highest BCUT2D eigenvalue weighted by Gasteiger charge is 2.20. The molecule has 1 aromatic rings. The van der Waals surface area contributed by atoms with Crippen LogP contribution in [-0.2, 0) is 13.0 Å². The van der Waals surface area contributed by atoms with Gasteiger partial charge in [-0.2, -0.15) is 0 Å². The lowest BCUT2D eigenvalue weighted by molar-refractivity contribution is 0.337. The van der Waals surface area contributed by atoms with Crippen molar-refractivity contribution in [1.82, 2.24) is 5.32 Å². The van der Waals surface area contributed by atoms with Crippen LogP contribution in [0.1, 0.15) is 44.7 Å². The Kier molecular flexibility index (Phi) is 4.33. The van der Waals surface area contributed by atoms with Crippen molar-refractivity contribution >= 4 is 15.9 Å². The molecular formula is C15H22BrNO. The third kappa shape index (κ3) is 3.27. The van der Waals surface area contributed by atoms with Gasteiger partial charge in [-0.15, -0.1) is 0 Å². The minimum Gasteiger partial charge on any atom is -0.493 e. The lowest BCUT2D eigenvalue weighted by atomic mass is 9.98. The average Bonchev–Trinajstić information content (AvgIpc) is 2.73. The van der Waals surface area contributed by atoms with Gasteiger partial charge in [0.1, 0.15) is 5.75 Å². The first-order valence-electron chi connectivity index (χ1n) is 6.71.